The number of fused-ring (bicyclic) bond motifs is 1. The average Bonchev–Trinajstić information content (AvgIpc) is 2.84. The predicted octanol–water partition coefficient (Wildman–Crippen LogP) is 4.43. The summed E-state index contributed by atoms with van der Waals surface area (Å²) < 4.78 is 1.99. The van der Waals surface area contributed by atoms with Crippen molar-refractivity contribution in [3.63, 3.8) is 0 Å². The molecule has 102 valence electrons. The lowest BCUT2D eigenvalue weighted by Crippen LogP contribution is -2.09. The quantitative estimate of drug-likeness (QED) is 0.544. The van der Waals surface area contributed by atoms with Crippen LogP contribution in [0.3, 0.4) is 0 Å². The Bertz CT molecular complexity index is 742. The summed E-state index contributed by atoms with van der Waals surface area (Å²) in [6, 6.07) is 9.56. The van der Waals surface area contributed by atoms with E-state index in [9.17, 15) is 0 Å². The van der Waals surface area contributed by atoms with Crippen LogP contribution in [0, 0.1) is 0 Å². The van der Waals surface area contributed by atoms with E-state index < -0.39 is 0 Å². The lowest BCUT2D eigenvalue weighted by molar-refractivity contribution is 1.10. The van der Waals surface area contributed by atoms with Crippen LogP contribution in [-0.4, -0.2) is 9.97 Å². The summed E-state index contributed by atoms with van der Waals surface area (Å²) in [5.41, 5.74) is 3.40. The van der Waals surface area contributed by atoms with E-state index in [1.54, 1.807) is 17.4 Å². The van der Waals surface area contributed by atoms with Crippen molar-refractivity contribution in [2.75, 3.05) is 5.43 Å². The Morgan fingerprint density at radius 1 is 1.15 bits per heavy atom. The Labute approximate surface area is 133 Å². The number of pyridine rings is 1. The Kier molecular flexibility index (Phi) is 4.00. The van der Waals surface area contributed by atoms with E-state index in [4.69, 9.17) is 29.0 Å². The van der Waals surface area contributed by atoms with Gasteiger partial charge < -0.3 is 5.43 Å². The Balaban J connectivity index is 1.98. The van der Waals surface area contributed by atoms with Crippen LogP contribution in [0.25, 0.3) is 10.2 Å². The van der Waals surface area contributed by atoms with Crippen molar-refractivity contribution >= 4 is 62.3 Å². The van der Waals surface area contributed by atoms with Gasteiger partial charge in [-0.1, -0.05) is 35.3 Å². The molecule has 0 radical (unpaired) electrons. The molecule has 0 aliphatic rings. The van der Waals surface area contributed by atoms with Crippen LogP contribution in [-0.2, 0) is 0 Å². The van der Waals surface area contributed by atoms with Gasteiger partial charge in [-0.3, -0.25) is 0 Å². The molecule has 0 fully saturated rings. The first-order chi connectivity index (χ1) is 9.67. The van der Waals surface area contributed by atoms with E-state index in [1.165, 1.54) is 11.8 Å². The van der Waals surface area contributed by atoms with Gasteiger partial charge in [-0.15, -0.1) is 11.3 Å². The summed E-state index contributed by atoms with van der Waals surface area (Å²) in [6.45, 7) is 0. The van der Waals surface area contributed by atoms with Gasteiger partial charge in [0, 0.05) is 0 Å². The second-order valence-corrected chi connectivity index (χ2v) is 6.88. The first-order valence-corrected chi connectivity index (χ1v) is 7.92. The van der Waals surface area contributed by atoms with Crippen molar-refractivity contribution in [3.8, 4) is 0 Å². The fourth-order valence-corrected chi connectivity index (χ4v) is 4.10. The SMILES string of the molecule is NNc1nc(Sc2nc3ccccc3s2)c(Cl)cc1Cl. The second-order valence-electron chi connectivity index (χ2n) is 3.80. The van der Waals surface area contributed by atoms with Gasteiger partial charge in [0.25, 0.3) is 0 Å². The van der Waals surface area contributed by atoms with Gasteiger partial charge in [-0.05, 0) is 30.0 Å². The number of hydrazine groups is 1. The largest absolute Gasteiger partial charge is 0.307 e. The standard InChI is InChI=1S/C12H8Cl2N4S2/c13-6-5-7(14)11(17-10(6)18-15)20-12-16-8-3-1-2-4-9(8)19-12/h1-5H,15H2,(H,17,18). The number of rotatable bonds is 3. The van der Waals surface area contributed by atoms with Crippen LogP contribution < -0.4 is 11.3 Å². The molecule has 0 spiro atoms. The maximum Gasteiger partial charge on any atom is 0.160 e. The fraction of sp³-hybridized carbons (Fsp3) is 0. The molecular weight excluding hydrogens is 335 g/mol. The number of hydrogen-bond donors (Lipinski definition) is 2. The molecule has 0 unspecified atom stereocenters. The van der Waals surface area contributed by atoms with Crippen molar-refractivity contribution in [1.29, 1.82) is 0 Å². The van der Waals surface area contributed by atoms with Gasteiger partial charge in [-0.2, -0.15) is 0 Å². The minimum Gasteiger partial charge on any atom is -0.307 e. The molecule has 3 aromatic rings. The number of thiazole rings is 1. The van der Waals surface area contributed by atoms with Gasteiger partial charge in [0.1, 0.15) is 5.03 Å². The number of benzene rings is 1. The minimum atomic E-state index is 0.381. The van der Waals surface area contributed by atoms with Gasteiger partial charge >= 0.3 is 0 Å². The number of nitrogens with two attached hydrogens (primary N) is 1. The number of hydrogen-bond acceptors (Lipinski definition) is 6. The summed E-state index contributed by atoms with van der Waals surface area (Å²) in [7, 11) is 0. The van der Waals surface area contributed by atoms with E-state index >= 15 is 0 Å². The lowest BCUT2D eigenvalue weighted by atomic mass is 10.3. The van der Waals surface area contributed by atoms with E-state index in [0.717, 1.165) is 14.6 Å². The van der Waals surface area contributed by atoms with E-state index in [2.05, 4.69) is 15.4 Å². The highest BCUT2D eigenvalue weighted by Gasteiger charge is 2.12. The van der Waals surface area contributed by atoms with Crippen LogP contribution in [0.1, 0.15) is 0 Å². The molecule has 0 aliphatic heterocycles. The molecule has 1 aromatic carbocycles. The van der Waals surface area contributed by atoms with Crippen LogP contribution in [0.15, 0.2) is 39.7 Å². The zero-order valence-corrected chi connectivity index (χ0v) is 13.1. The van der Waals surface area contributed by atoms with Crippen molar-refractivity contribution in [2.24, 2.45) is 5.84 Å². The first-order valence-electron chi connectivity index (χ1n) is 5.53. The number of para-hydroxylation sites is 1. The highest BCUT2D eigenvalue weighted by molar-refractivity contribution is 8.01. The molecule has 0 bridgehead atoms. The summed E-state index contributed by atoms with van der Waals surface area (Å²) in [5, 5.41) is 1.47. The van der Waals surface area contributed by atoms with Crippen LogP contribution in [0.4, 0.5) is 5.82 Å². The van der Waals surface area contributed by atoms with Crippen molar-refractivity contribution < 1.29 is 0 Å². The smallest absolute Gasteiger partial charge is 0.160 e. The molecule has 2 heterocycles. The molecule has 8 heteroatoms. The van der Waals surface area contributed by atoms with Gasteiger partial charge in [0.05, 0.1) is 20.3 Å². The molecule has 0 saturated carbocycles. The Hall–Kier alpha value is -1.05. The molecule has 0 aliphatic carbocycles. The third-order valence-electron chi connectivity index (χ3n) is 2.49. The van der Waals surface area contributed by atoms with Crippen LogP contribution >= 0.6 is 46.3 Å². The first kappa shape index (κ1) is 13.9. The Morgan fingerprint density at radius 3 is 2.70 bits per heavy atom. The zero-order valence-electron chi connectivity index (χ0n) is 9.93. The van der Waals surface area contributed by atoms with Gasteiger partial charge in [-0.25, -0.2) is 15.8 Å². The zero-order chi connectivity index (χ0) is 14.1. The molecule has 0 atom stereocenters. The molecule has 3 N–H and O–H groups in total. The third kappa shape index (κ3) is 2.70. The Morgan fingerprint density at radius 2 is 1.95 bits per heavy atom. The van der Waals surface area contributed by atoms with E-state index in [0.29, 0.717) is 20.9 Å². The average molecular weight is 343 g/mol. The monoisotopic (exact) mass is 342 g/mol. The second kappa shape index (κ2) is 5.75. The molecule has 4 nitrogen and oxygen atoms in total. The third-order valence-corrected chi connectivity index (χ3v) is 5.28. The molecule has 2 aromatic heterocycles. The van der Waals surface area contributed by atoms with E-state index in [-0.39, 0.29) is 0 Å². The number of nitrogens with one attached hydrogen (secondary N) is 1. The normalized spacial score (nSPS) is 10.9. The lowest BCUT2D eigenvalue weighted by Gasteiger charge is -2.06. The molecular formula is C12H8Cl2N4S2. The van der Waals surface area contributed by atoms with E-state index in [1.807, 2.05) is 24.3 Å². The van der Waals surface area contributed by atoms with Gasteiger partial charge in [0.2, 0.25) is 0 Å². The summed E-state index contributed by atoms with van der Waals surface area (Å²) in [5.74, 6) is 5.75. The van der Waals surface area contributed by atoms with Crippen molar-refractivity contribution in [1.82, 2.24) is 9.97 Å². The fourth-order valence-electron chi connectivity index (χ4n) is 1.60. The number of anilines is 1. The summed E-state index contributed by atoms with van der Waals surface area (Å²) in [6.07, 6.45) is 0. The van der Waals surface area contributed by atoms with Crippen molar-refractivity contribution in [3.05, 3.63) is 40.4 Å². The summed E-state index contributed by atoms with van der Waals surface area (Å²) in [4.78, 5) is 8.81. The van der Waals surface area contributed by atoms with Gasteiger partial charge in [0.15, 0.2) is 10.2 Å². The minimum absolute atomic E-state index is 0.381. The topological polar surface area (TPSA) is 63.8 Å². The van der Waals surface area contributed by atoms with Crippen LogP contribution in [0.5, 0.6) is 0 Å². The highest BCUT2D eigenvalue weighted by Crippen LogP contribution is 2.38. The molecule has 3 rings (SSSR count). The molecule has 0 saturated heterocycles. The number of nitrogens with zero attached hydrogens (tertiary/aromatic N) is 2. The summed E-state index contributed by atoms with van der Waals surface area (Å²) >= 11 is 15.1. The number of halogens is 2. The number of nitrogen functional groups attached to an aromatic ring is 1. The molecule has 20 heavy (non-hydrogen) atoms. The molecule has 0 amide bonds. The maximum atomic E-state index is 6.15. The predicted molar refractivity (Wildman–Crippen MR) is 85.8 cm³/mol. The van der Waals surface area contributed by atoms with Crippen molar-refractivity contribution in [2.45, 2.75) is 9.37 Å². The highest BCUT2D eigenvalue weighted by atomic mass is 35.5. The number of aromatic nitrogens is 2. The van der Waals surface area contributed by atoms with Crippen LogP contribution in [0.2, 0.25) is 10.0 Å². The maximum absolute atomic E-state index is 6.15.